The highest BCUT2D eigenvalue weighted by Crippen LogP contribution is 2.48. The molecule has 90 heavy (non-hydrogen) atoms. The summed E-state index contributed by atoms with van der Waals surface area (Å²) in [5.41, 5.74) is 20.0. The lowest BCUT2D eigenvalue weighted by Crippen LogP contribution is -2.04. The van der Waals surface area contributed by atoms with E-state index in [1.54, 1.807) is 0 Å². The summed E-state index contributed by atoms with van der Waals surface area (Å²) >= 11 is 0. The van der Waals surface area contributed by atoms with Gasteiger partial charge in [-0.1, -0.05) is 206 Å². The van der Waals surface area contributed by atoms with Crippen LogP contribution in [0.25, 0.3) is 171 Å². The van der Waals surface area contributed by atoms with E-state index in [9.17, 15) is 0 Å². The SMILES string of the molecule is [C-]#[N+]c1cccc(-c2ccc(-n3c4ccccc4c4c3ccc3c5ccccc5n(-c5ccccc5)c34)c(-c3cc(-c4nc(-c5ccccc5)nc(-c5ccccc5)n4)ccc3-n3c4ccccc4c4c3ccc3c5ccccc5n(-c5ccccc5)c34)c2)c1. The van der Waals surface area contributed by atoms with Crippen molar-refractivity contribution >= 4 is 92.9 Å². The van der Waals surface area contributed by atoms with Gasteiger partial charge < -0.3 is 18.3 Å². The van der Waals surface area contributed by atoms with Crippen molar-refractivity contribution in [2.75, 3.05) is 0 Å². The van der Waals surface area contributed by atoms with Crippen molar-refractivity contribution in [2.45, 2.75) is 0 Å². The monoisotopic (exact) mass is 1150 g/mol. The average Bonchev–Trinajstić information content (AvgIpc) is 1.56. The van der Waals surface area contributed by atoms with Crippen molar-refractivity contribution < 1.29 is 0 Å². The summed E-state index contributed by atoms with van der Waals surface area (Å²) in [7, 11) is 0. The van der Waals surface area contributed by atoms with Crippen LogP contribution >= 0.6 is 0 Å². The first kappa shape index (κ1) is 50.8. The lowest BCUT2D eigenvalue weighted by atomic mass is 9.94. The minimum Gasteiger partial charge on any atom is -0.309 e. The molecule has 13 aromatic carbocycles. The van der Waals surface area contributed by atoms with E-state index in [1.165, 1.54) is 21.5 Å². The molecule has 8 nitrogen and oxygen atoms in total. The first-order valence-electron chi connectivity index (χ1n) is 30.3. The van der Waals surface area contributed by atoms with Gasteiger partial charge in [0, 0.05) is 82.3 Å². The lowest BCUT2D eigenvalue weighted by Gasteiger charge is -2.21. The van der Waals surface area contributed by atoms with Crippen LogP contribution in [0.15, 0.2) is 303 Å². The quantitative estimate of drug-likeness (QED) is 0.135. The van der Waals surface area contributed by atoms with Crippen LogP contribution in [-0.2, 0) is 0 Å². The summed E-state index contributed by atoms with van der Waals surface area (Å²) < 4.78 is 9.83. The number of para-hydroxylation sites is 6. The highest BCUT2D eigenvalue weighted by Gasteiger charge is 2.27. The molecule has 0 aliphatic rings. The summed E-state index contributed by atoms with van der Waals surface area (Å²) in [6, 6.07) is 108. The topological polar surface area (TPSA) is 62.8 Å². The second-order valence-electron chi connectivity index (χ2n) is 23.0. The molecule has 0 saturated carbocycles. The molecule has 0 bridgehead atoms. The summed E-state index contributed by atoms with van der Waals surface area (Å²) in [5.74, 6) is 1.71. The van der Waals surface area contributed by atoms with Crippen molar-refractivity contribution in [3.8, 4) is 79.2 Å². The van der Waals surface area contributed by atoms with Gasteiger partial charge in [0.2, 0.25) is 0 Å². The zero-order chi connectivity index (χ0) is 59.4. The van der Waals surface area contributed by atoms with Crippen molar-refractivity contribution in [1.29, 1.82) is 0 Å². The van der Waals surface area contributed by atoms with Gasteiger partial charge in [-0.25, -0.2) is 19.8 Å². The van der Waals surface area contributed by atoms with Gasteiger partial charge in [-0.3, -0.25) is 0 Å². The van der Waals surface area contributed by atoms with Crippen LogP contribution in [-0.4, -0.2) is 33.2 Å². The predicted octanol–water partition coefficient (Wildman–Crippen LogP) is 21.1. The minimum absolute atomic E-state index is 0.544. The molecule has 18 rings (SSSR count). The Kier molecular flexibility index (Phi) is 11.5. The fraction of sp³-hybridized carbons (Fsp3) is 0. The number of rotatable bonds is 9. The molecule has 0 fully saturated rings. The normalized spacial score (nSPS) is 11.8. The highest BCUT2D eigenvalue weighted by atomic mass is 15.1. The third kappa shape index (κ3) is 7.83. The molecule has 0 saturated heterocycles. The smallest absolute Gasteiger partial charge is 0.187 e. The van der Waals surface area contributed by atoms with Gasteiger partial charge in [0.15, 0.2) is 23.2 Å². The maximum Gasteiger partial charge on any atom is 0.187 e. The number of hydrogen-bond acceptors (Lipinski definition) is 3. The third-order valence-corrected chi connectivity index (χ3v) is 18.0. The molecular formula is C82H50N8. The molecule has 0 unspecified atom stereocenters. The van der Waals surface area contributed by atoms with Crippen LogP contribution in [0.4, 0.5) is 5.69 Å². The van der Waals surface area contributed by atoms with Crippen molar-refractivity contribution in [2.24, 2.45) is 0 Å². The van der Waals surface area contributed by atoms with E-state index in [-0.39, 0.29) is 0 Å². The molecule has 18 aromatic rings. The number of fused-ring (bicyclic) bond motifs is 14. The molecule has 0 spiro atoms. The highest BCUT2D eigenvalue weighted by molar-refractivity contribution is 6.28. The Morgan fingerprint density at radius 1 is 0.256 bits per heavy atom. The lowest BCUT2D eigenvalue weighted by molar-refractivity contribution is 1.07. The number of nitrogens with zero attached hydrogens (tertiary/aromatic N) is 8. The molecule has 0 atom stereocenters. The van der Waals surface area contributed by atoms with E-state index in [0.29, 0.717) is 23.2 Å². The average molecular weight is 1150 g/mol. The second kappa shape index (κ2) is 20.3. The van der Waals surface area contributed by atoms with Crippen LogP contribution < -0.4 is 0 Å². The van der Waals surface area contributed by atoms with E-state index < -0.39 is 0 Å². The van der Waals surface area contributed by atoms with Gasteiger partial charge in [-0.05, 0) is 108 Å². The number of aromatic nitrogens is 7. The molecule has 5 heterocycles. The molecule has 0 amide bonds. The van der Waals surface area contributed by atoms with Gasteiger partial charge >= 0.3 is 0 Å². The first-order chi connectivity index (χ1) is 44.6. The van der Waals surface area contributed by atoms with Gasteiger partial charge in [-0.2, -0.15) is 0 Å². The Bertz CT molecular complexity index is 5910. The minimum atomic E-state index is 0.544. The maximum absolute atomic E-state index is 8.15. The van der Waals surface area contributed by atoms with E-state index in [1.807, 2.05) is 54.6 Å². The van der Waals surface area contributed by atoms with Crippen LogP contribution in [0.5, 0.6) is 0 Å². The molecule has 8 heteroatoms. The molecular weight excluding hydrogens is 1100 g/mol. The standard InChI is InChI=1S/C82H50N8/c1-83-57-28-22-27-54(49-57)55-41-45-72(89-70-39-20-16-35-64(70)76-74(89)47-43-62-60-33-14-18-37-68(60)87(78(62)76)58-29-10-4-11-30-58)66(50-55)67-51-56(82-85-80(52-23-6-2-7-24-52)84-81(86-82)53-25-8-3-9-26-53)42-46-73(67)90-71-40-21-17-36-65(71)77-75(90)48-44-63-61-34-15-19-38-69(61)88(79(63)77)59-31-12-5-13-32-59/h2-51H. The summed E-state index contributed by atoms with van der Waals surface area (Å²) in [6.45, 7) is 8.15. The largest absolute Gasteiger partial charge is 0.309 e. The van der Waals surface area contributed by atoms with Crippen LogP contribution in [0, 0.1) is 6.57 Å². The van der Waals surface area contributed by atoms with E-state index in [4.69, 9.17) is 21.5 Å². The van der Waals surface area contributed by atoms with Crippen molar-refractivity contribution in [1.82, 2.24) is 33.2 Å². The van der Waals surface area contributed by atoms with Crippen molar-refractivity contribution in [3.63, 3.8) is 0 Å². The van der Waals surface area contributed by atoms with Crippen LogP contribution in [0.3, 0.4) is 0 Å². The third-order valence-electron chi connectivity index (χ3n) is 18.0. The number of hydrogen-bond donors (Lipinski definition) is 0. The predicted molar refractivity (Wildman–Crippen MR) is 371 cm³/mol. The zero-order valence-electron chi connectivity index (χ0n) is 48.4. The molecule has 0 aliphatic carbocycles. The Morgan fingerprint density at radius 3 is 1.09 bits per heavy atom. The Morgan fingerprint density at radius 2 is 0.622 bits per heavy atom. The second-order valence-corrected chi connectivity index (χ2v) is 23.0. The molecule has 418 valence electrons. The fourth-order valence-electron chi connectivity index (χ4n) is 14.1. The van der Waals surface area contributed by atoms with Gasteiger partial charge in [0.05, 0.1) is 62.1 Å². The first-order valence-corrected chi connectivity index (χ1v) is 30.3. The van der Waals surface area contributed by atoms with Crippen LogP contribution in [0.2, 0.25) is 0 Å². The van der Waals surface area contributed by atoms with Gasteiger partial charge in [-0.15, -0.1) is 0 Å². The van der Waals surface area contributed by atoms with Gasteiger partial charge in [0.25, 0.3) is 0 Å². The molecule has 0 N–H and O–H groups in total. The molecule has 0 radical (unpaired) electrons. The Labute approximate surface area is 517 Å². The molecule has 0 aliphatic heterocycles. The van der Waals surface area contributed by atoms with Crippen molar-refractivity contribution in [3.05, 3.63) is 315 Å². The summed E-state index contributed by atoms with van der Waals surface area (Å²) in [5, 5.41) is 9.34. The Balaban J connectivity index is 0.992. The summed E-state index contributed by atoms with van der Waals surface area (Å²) in [6.07, 6.45) is 0. The number of benzene rings is 13. The molecule has 5 aromatic heterocycles. The zero-order valence-corrected chi connectivity index (χ0v) is 48.4. The Hall–Kier alpha value is -12.4. The van der Waals surface area contributed by atoms with E-state index in [2.05, 4.69) is 272 Å². The van der Waals surface area contributed by atoms with Crippen LogP contribution in [0.1, 0.15) is 0 Å². The fourth-order valence-corrected chi connectivity index (χ4v) is 14.1. The maximum atomic E-state index is 8.15. The summed E-state index contributed by atoms with van der Waals surface area (Å²) in [4.78, 5) is 19.8. The van der Waals surface area contributed by atoms with E-state index >= 15 is 0 Å². The van der Waals surface area contributed by atoms with Gasteiger partial charge in [0.1, 0.15) is 0 Å². The van der Waals surface area contributed by atoms with E-state index in [0.717, 1.165) is 127 Å².